The highest BCUT2D eigenvalue weighted by Crippen LogP contribution is 2.22. The molecule has 0 heterocycles. The van der Waals surface area contributed by atoms with Crippen LogP contribution in [0.15, 0.2) is 18.2 Å². The van der Waals surface area contributed by atoms with E-state index in [1.165, 1.54) is 0 Å². The number of carboxylic acid groups (broad SMARTS) is 1. The second kappa shape index (κ2) is 7.76. The van der Waals surface area contributed by atoms with Crippen molar-refractivity contribution in [1.82, 2.24) is 0 Å². The standard InChI is InChI=1S/C14H21NO4/c1-19-13-5-4-10(3-2-6-16)7-11(13)8-12(15)9-14(17)18/h4-5,7,12,16H,2-3,6,8-9,15H2,1H3,(H,17,18)/t12-/m0/s1. The first-order valence-corrected chi connectivity index (χ1v) is 6.30. The molecule has 0 bridgehead atoms. The Morgan fingerprint density at radius 3 is 2.79 bits per heavy atom. The molecule has 1 aromatic rings. The van der Waals surface area contributed by atoms with Gasteiger partial charge in [0.25, 0.3) is 0 Å². The van der Waals surface area contributed by atoms with Crippen LogP contribution in [0, 0.1) is 0 Å². The molecule has 0 unspecified atom stereocenters. The molecule has 5 heteroatoms. The highest BCUT2D eigenvalue weighted by Gasteiger charge is 2.12. The molecule has 0 spiro atoms. The Morgan fingerprint density at radius 2 is 2.21 bits per heavy atom. The van der Waals surface area contributed by atoms with Gasteiger partial charge < -0.3 is 20.7 Å². The Kier molecular flexibility index (Phi) is 6.32. The van der Waals surface area contributed by atoms with Crippen molar-refractivity contribution in [3.05, 3.63) is 29.3 Å². The fraction of sp³-hybridized carbons (Fsp3) is 0.500. The summed E-state index contributed by atoms with van der Waals surface area (Å²) in [6, 6.07) is 5.34. The zero-order valence-electron chi connectivity index (χ0n) is 11.1. The molecule has 1 atom stereocenters. The summed E-state index contributed by atoms with van der Waals surface area (Å²) in [6.45, 7) is 0.153. The van der Waals surface area contributed by atoms with Crippen LogP contribution in [0.1, 0.15) is 24.0 Å². The van der Waals surface area contributed by atoms with Gasteiger partial charge in [0.2, 0.25) is 0 Å². The maximum Gasteiger partial charge on any atom is 0.304 e. The first-order chi connectivity index (χ1) is 9.06. The maximum atomic E-state index is 10.6. The molecule has 0 fully saturated rings. The highest BCUT2D eigenvalue weighted by molar-refractivity contribution is 5.67. The van der Waals surface area contributed by atoms with E-state index in [4.69, 9.17) is 20.7 Å². The van der Waals surface area contributed by atoms with E-state index in [2.05, 4.69) is 0 Å². The van der Waals surface area contributed by atoms with Gasteiger partial charge in [-0.3, -0.25) is 4.79 Å². The molecule has 0 amide bonds. The Labute approximate surface area is 113 Å². The van der Waals surface area contributed by atoms with Gasteiger partial charge in [-0.2, -0.15) is 0 Å². The molecular weight excluding hydrogens is 246 g/mol. The summed E-state index contributed by atoms with van der Waals surface area (Å²) in [5, 5.41) is 17.6. The molecule has 4 N–H and O–H groups in total. The number of carboxylic acids is 1. The Balaban J connectivity index is 2.80. The zero-order valence-corrected chi connectivity index (χ0v) is 11.1. The number of aliphatic hydroxyl groups excluding tert-OH is 1. The summed E-state index contributed by atoms with van der Waals surface area (Å²) in [5.74, 6) is -0.184. The second-order valence-electron chi connectivity index (χ2n) is 4.54. The molecular formula is C14H21NO4. The number of aliphatic carboxylic acids is 1. The molecule has 0 aliphatic rings. The first-order valence-electron chi connectivity index (χ1n) is 6.30. The highest BCUT2D eigenvalue weighted by atomic mass is 16.5. The Bertz CT molecular complexity index is 420. The van der Waals surface area contributed by atoms with Crippen LogP contribution in [-0.4, -0.2) is 35.9 Å². The summed E-state index contributed by atoms with van der Waals surface area (Å²) in [7, 11) is 1.58. The van der Waals surface area contributed by atoms with E-state index < -0.39 is 12.0 Å². The maximum absolute atomic E-state index is 10.6. The number of aliphatic hydroxyl groups is 1. The van der Waals surface area contributed by atoms with Crippen molar-refractivity contribution in [2.45, 2.75) is 31.7 Å². The number of hydrogen-bond acceptors (Lipinski definition) is 4. The minimum atomic E-state index is -0.900. The molecule has 1 rings (SSSR count). The van der Waals surface area contributed by atoms with E-state index in [1.807, 2.05) is 18.2 Å². The third-order valence-electron chi connectivity index (χ3n) is 2.89. The van der Waals surface area contributed by atoms with Gasteiger partial charge in [0.15, 0.2) is 0 Å². The minimum absolute atomic E-state index is 0.0655. The second-order valence-corrected chi connectivity index (χ2v) is 4.54. The van der Waals surface area contributed by atoms with Crippen molar-refractivity contribution in [3.63, 3.8) is 0 Å². The summed E-state index contributed by atoms with van der Waals surface area (Å²) in [5.41, 5.74) is 7.80. The largest absolute Gasteiger partial charge is 0.496 e. The molecule has 0 radical (unpaired) electrons. The topological polar surface area (TPSA) is 92.8 Å². The minimum Gasteiger partial charge on any atom is -0.496 e. The van der Waals surface area contributed by atoms with Gasteiger partial charge in [-0.05, 0) is 36.5 Å². The molecule has 0 saturated carbocycles. The first kappa shape index (κ1) is 15.5. The molecule has 0 aromatic heterocycles. The van der Waals surface area contributed by atoms with Crippen molar-refractivity contribution in [2.24, 2.45) is 5.73 Å². The van der Waals surface area contributed by atoms with E-state index >= 15 is 0 Å². The van der Waals surface area contributed by atoms with E-state index in [-0.39, 0.29) is 13.0 Å². The van der Waals surface area contributed by atoms with Crippen LogP contribution in [0.2, 0.25) is 0 Å². The van der Waals surface area contributed by atoms with Gasteiger partial charge in [0, 0.05) is 12.6 Å². The predicted octanol–water partition coefficient (Wildman–Crippen LogP) is 0.965. The van der Waals surface area contributed by atoms with Crippen LogP contribution in [0.4, 0.5) is 0 Å². The lowest BCUT2D eigenvalue weighted by Crippen LogP contribution is -2.26. The average molecular weight is 267 g/mol. The van der Waals surface area contributed by atoms with Gasteiger partial charge in [-0.25, -0.2) is 0 Å². The van der Waals surface area contributed by atoms with Gasteiger partial charge in [-0.1, -0.05) is 12.1 Å². The van der Waals surface area contributed by atoms with Crippen molar-refractivity contribution in [3.8, 4) is 5.75 Å². The molecule has 0 aliphatic carbocycles. The number of rotatable bonds is 8. The summed E-state index contributed by atoms with van der Waals surface area (Å²) >= 11 is 0. The van der Waals surface area contributed by atoms with Crippen molar-refractivity contribution in [1.29, 1.82) is 0 Å². The van der Waals surface area contributed by atoms with Crippen LogP contribution < -0.4 is 10.5 Å². The third-order valence-corrected chi connectivity index (χ3v) is 2.89. The van der Waals surface area contributed by atoms with Crippen LogP contribution in [-0.2, 0) is 17.6 Å². The monoisotopic (exact) mass is 267 g/mol. The van der Waals surface area contributed by atoms with Crippen molar-refractivity contribution >= 4 is 5.97 Å². The molecule has 0 aliphatic heterocycles. The molecule has 0 saturated heterocycles. The van der Waals surface area contributed by atoms with Crippen LogP contribution in [0.3, 0.4) is 0 Å². The molecule has 5 nitrogen and oxygen atoms in total. The van der Waals surface area contributed by atoms with E-state index in [1.54, 1.807) is 7.11 Å². The lowest BCUT2D eigenvalue weighted by atomic mass is 9.99. The zero-order chi connectivity index (χ0) is 14.3. The number of benzene rings is 1. The number of methoxy groups -OCH3 is 1. The number of hydrogen-bond donors (Lipinski definition) is 3. The van der Waals surface area contributed by atoms with Gasteiger partial charge in [-0.15, -0.1) is 0 Å². The molecule has 1 aromatic carbocycles. The quantitative estimate of drug-likeness (QED) is 0.652. The lowest BCUT2D eigenvalue weighted by Gasteiger charge is -2.14. The molecule has 19 heavy (non-hydrogen) atoms. The lowest BCUT2D eigenvalue weighted by molar-refractivity contribution is -0.137. The van der Waals surface area contributed by atoms with E-state index in [0.29, 0.717) is 18.6 Å². The van der Waals surface area contributed by atoms with Gasteiger partial charge in [0.05, 0.1) is 13.5 Å². The van der Waals surface area contributed by atoms with Crippen molar-refractivity contribution in [2.75, 3.05) is 13.7 Å². The summed E-state index contributed by atoms with van der Waals surface area (Å²) < 4.78 is 5.26. The Morgan fingerprint density at radius 1 is 1.47 bits per heavy atom. The normalized spacial score (nSPS) is 12.2. The summed E-state index contributed by atoms with van der Waals surface area (Å²) in [4.78, 5) is 10.6. The fourth-order valence-electron chi connectivity index (χ4n) is 2.01. The number of nitrogens with two attached hydrogens (primary N) is 1. The third kappa shape index (κ3) is 5.28. The smallest absolute Gasteiger partial charge is 0.304 e. The van der Waals surface area contributed by atoms with E-state index in [0.717, 1.165) is 17.5 Å². The number of ether oxygens (including phenoxy) is 1. The average Bonchev–Trinajstić information content (AvgIpc) is 2.35. The Hall–Kier alpha value is -1.59. The van der Waals surface area contributed by atoms with Crippen LogP contribution in [0.5, 0.6) is 5.75 Å². The van der Waals surface area contributed by atoms with Crippen LogP contribution in [0.25, 0.3) is 0 Å². The van der Waals surface area contributed by atoms with Gasteiger partial charge in [0.1, 0.15) is 5.75 Å². The number of aryl methyl sites for hydroxylation is 1. The van der Waals surface area contributed by atoms with Crippen LogP contribution >= 0.6 is 0 Å². The SMILES string of the molecule is COc1ccc(CCCO)cc1C[C@H](N)CC(=O)O. The molecule has 106 valence electrons. The van der Waals surface area contributed by atoms with Crippen molar-refractivity contribution < 1.29 is 19.7 Å². The van der Waals surface area contributed by atoms with Gasteiger partial charge >= 0.3 is 5.97 Å². The number of carbonyl (C=O) groups is 1. The predicted molar refractivity (Wildman–Crippen MR) is 72.3 cm³/mol. The van der Waals surface area contributed by atoms with E-state index in [9.17, 15) is 4.79 Å². The fourth-order valence-corrected chi connectivity index (χ4v) is 2.01. The summed E-state index contributed by atoms with van der Waals surface area (Å²) in [6.07, 6.45) is 1.88.